The third-order valence-corrected chi connectivity index (χ3v) is 8.82. The van der Waals surface area contributed by atoms with E-state index in [1.165, 1.54) is 32.1 Å². The molecule has 1 aromatic carbocycles. The van der Waals surface area contributed by atoms with Gasteiger partial charge >= 0.3 is 0 Å². The number of hydrogen-bond acceptors (Lipinski definition) is 2. The van der Waals surface area contributed by atoms with Crippen LogP contribution in [0.5, 0.6) is 0 Å². The summed E-state index contributed by atoms with van der Waals surface area (Å²) in [6, 6.07) is 7.29. The van der Waals surface area contributed by atoms with E-state index in [-0.39, 0.29) is 5.54 Å². The van der Waals surface area contributed by atoms with Gasteiger partial charge in [0, 0.05) is 16.5 Å². The Labute approximate surface area is 167 Å². The molecule has 0 saturated carbocycles. The molecule has 5 heteroatoms. The molecule has 1 aliphatic heterocycles. The molecule has 0 aliphatic carbocycles. The van der Waals surface area contributed by atoms with Gasteiger partial charge in [-0.3, -0.25) is 0 Å². The molecule has 0 N–H and O–H groups in total. The van der Waals surface area contributed by atoms with Gasteiger partial charge in [-0.2, -0.15) is 4.31 Å². The van der Waals surface area contributed by atoms with Crippen LogP contribution >= 0.6 is 22.6 Å². The Bertz CT molecular complexity index is 630. The van der Waals surface area contributed by atoms with Crippen molar-refractivity contribution in [3.05, 3.63) is 29.8 Å². The Morgan fingerprint density at radius 2 is 1.72 bits per heavy atom. The number of nitrogens with zero attached hydrogens (tertiary/aromatic N) is 1. The second-order valence-electron chi connectivity index (χ2n) is 7.37. The van der Waals surface area contributed by atoms with Crippen LogP contribution in [0.25, 0.3) is 0 Å². The summed E-state index contributed by atoms with van der Waals surface area (Å²) in [4.78, 5) is 0.442. The molecule has 1 atom stereocenters. The molecule has 1 aromatic rings. The quantitative estimate of drug-likeness (QED) is 0.246. The Morgan fingerprint density at radius 1 is 1.08 bits per heavy atom. The average Bonchev–Trinajstić information content (AvgIpc) is 3.03. The number of benzene rings is 1. The predicted octanol–water partition coefficient (Wildman–Crippen LogP) is 5.70. The van der Waals surface area contributed by atoms with Crippen LogP contribution in [-0.2, 0) is 10.0 Å². The highest BCUT2D eigenvalue weighted by Gasteiger charge is 2.46. The lowest BCUT2D eigenvalue weighted by Crippen LogP contribution is -2.48. The summed E-state index contributed by atoms with van der Waals surface area (Å²) in [6.07, 6.45) is 10.5. The normalized spacial score (nSPS) is 21.7. The van der Waals surface area contributed by atoms with Gasteiger partial charge in [-0.05, 0) is 38.3 Å². The van der Waals surface area contributed by atoms with Gasteiger partial charge in [0.05, 0.1) is 4.90 Å². The third kappa shape index (κ3) is 5.19. The first kappa shape index (κ1) is 21.2. The number of halogens is 1. The second kappa shape index (κ2) is 9.70. The van der Waals surface area contributed by atoms with Crippen molar-refractivity contribution in [1.82, 2.24) is 4.31 Å². The topological polar surface area (TPSA) is 37.4 Å². The summed E-state index contributed by atoms with van der Waals surface area (Å²) in [5.74, 6) is 0. The molecule has 142 valence electrons. The van der Waals surface area contributed by atoms with Crippen molar-refractivity contribution in [2.45, 2.75) is 82.1 Å². The van der Waals surface area contributed by atoms with Crippen molar-refractivity contribution in [2.24, 2.45) is 0 Å². The van der Waals surface area contributed by atoms with Crippen molar-refractivity contribution >= 4 is 32.6 Å². The van der Waals surface area contributed by atoms with Crippen LogP contribution in [0.3, 0.4) is 0 Å². The van der Waals surface area contributed by atoms with E-state index in [2.05, 4.69) is 29.5 Å². The predicted molar refractivity (Wildman–Crippen MR) is 114 cm³/mol. The monoisotopic (exact) mass is 477 g/mol. The minimum atomic E-state index is -3.40. The van der Waals surface area contributed by atoms with Crippen molar-refractivity contribution in [3.63, 3.8) is 0 Å². The highest BCUT2D eigenvalue weighted by molar-refractivity contribution is 14.1. The van der Waals surface area contributed by atoms with Gasteiger partial charge < -0.3 is 0 Å². The zero-order chi connectivity index (χ0) is 18.3. The fourth-order valence-corrected chi connectivity index (χ4v) is 7.08. The Balaban J connectivity index is 2.08. The van der Waals surface area contributed by atoms with Crippen LogP contribution in [-0.4, -0.2) is 29.2 Å². The van der Waals surface area contributed by atoms with Crippen LogP contribution in [0.15, 0.2) is 29.2 Å². The number of rotatable bonds is 10. The van der Waals surface area contributed by atoms with Crippen LogP contribution in [0, 0.1) is 6.92 Å². The van der Waals surface area contributed by atoms with Gasteiger partial charge in [0.25, 0.3) is 0 Å². The number of hydrogen-bond donors (Lipinski definition) is 0. The molecule has 0 aromatic heterocycles. The molecule has 0 spiro atoms. The van der Waals surface area contributed by atoms with Gasteiger partial charge in [-0.15, -0.1) is 0 Å². The summed E-state index contributed by atoms with van der Waals surface area (Å²) in [5, 5.41) is 0. The van der Waals surface area contributed by atoms with E-state index in [4.69, 9.17) is 0 Å². The summed E-state index contributed by atoms with van der Waals surface area (Å²) in [7, 11) is -3.40. The second-order valence-corrected chi connectivity index (χ2v) is 9.99. The lowest BCUT2D eigenvalue weighted by Gasteiger charge is -2.36. The number of unbranched alkanes of at least 4 members (excludes halogenated alkanes) is 5. The number of aryl methyl sites for hydroxylation is 1. The molecule has 1 fully saturated rings. The Kier molecular flexibility index (Phi) is 8.21. The summed E-state index contributed by atoms with van der Waals surface area (Å²) in [5.41, 5.74) is 0.905. The first-order chi connectivity index (χ1) is 12.0. The van der Waals surface area contributed by atoms with Gasteiger partial charge in [-0.25, -0.2) is 8.42 Å². The third-order valence-electron chi connectivity index (χ3n) is 5.39. The van der Waals surface area contributed by atoms with Crippen molar-refractivity contribution < 1.29 is 8.42 Å². The molecule has 2 rings (SSSR count). The molecule has 1 saturated heterocycles. The molecule has 0 bridgehead atoms. The zero-order valence-electron chi connectivity index (χ0n) is 15.6. The van der Waals surface area contributed by atoms with Gasteiger partial charge in [-0.1, -0.05) is 85.7 Å². The van der Waals surface area contributed by atoms with E-state index in [9.17, 15) is 8.42 Å². The summed E-state index contributed by atoms with van der Waals surface area (Å²) in [6.45, 7) is 4.88. The Morgan fingerprint density at radius 3 is 2.36 bits per heavy atom. The standard InChI is InChI=1S/C20H32INO2S/c1-3-4-5-6-7-8-14-20(17-21)15-9-16-22(20)25(23,24)19-12-10-18(2)11-13-19/h10-13H,3-9,14-17H2,1-2H3. The maximum atomic E-state index is 13.2. The van der Waals surface area contributed by atoms with Crippen molar-refractivity contribution in [2.75, 3.05) is 11.0 Å². The summed E-state index contributed by atoms with van der Waals surface area (Å²) < 4.78 is 29.1. The highest BCUT2D eigenvalue weighted by atomic mass is 127. The van der Waals surface area contributed by atoms with Crippen LogP contribution in [0.4, 0.5) is 0 Å². The molecule has 1 heterocycles. The van der Waals surface area contributed by atoms with E-state index >= 15 is 0 Å². The fourth-order valence-electron chi connectivity index (χ4n) is 3.81. The molecule has 3 nitrogen and oxygen atoms in total. The molecule has 1 unspecified atom stereocenters. The lowest BCUT2D eigenvalue weighted by atomic mass is 9.92. The van der Waals surface area contributed by atoms with Gasteiger partial charge in [0.15, 0.2) is 0 Å². The minimum Gasteiger partial charge on any atom is -0.207 e. The number of alkyl halides is 1. The highest BCUT2D eigenvalue weighted by Crippen LogP contribution is 2.40. The van der Waals surface area contributed by atoms with Crippen molar-refractivity contribution in [1.29, 1.82) is 0 Å². The average molecular weight is 477 g/mol. The maximum absolute atomic E-state index is 13.2. The molecule has 1 aliphatic rings. The molecule has 0 amide bonds. The van der Waals surface area contributed by atoms with E-state index in [1.54, 1.807) is 12.1 Å². The van der Waals surface area contributed by atoms with E-state index in [1.807, 2.05) is 23.4 Å². The van der Waals surface area contributed by atoms with Crippen LogP contribution < -0.4 is 0 Å². The molecule has 25 heavy (non-hydrogen) atoms. The molecular weight excluding hydrogens is 445 g/mol. The van der Waals surface area contributed by atoms with Crippen LogP contribution in [0.2, 0.25) is 0 Å². The van der Waals surface area contributed by atoms with Gasteiger partial charge in [0.2, 0.25) is 10.0 Å². The lowest BCUT2D eigenvalue weighted by molar-refractivity contribution is 0.250. The minimum absolute atomic E-state index is 0.185. The van der Waals surface area contributed by atoms with E-state index in [0.29, 0.717) is 11.4 Å². The largest absolute Gasteiger partial charge is 0.243 e. The van der Waals surface area contributed by atoms with E-state index in [0.717, 1.165) is 35.7 Å². The van der Waals surface area contributed by atoms with Gasteiger partial charge in [0.1, 0.15) is 0 Å². The van der Waals surface area contributed by atoms with E-state index < -0.39 is 10.0 Å². The first-order valence-electron chi connectivity index (χ1n) is 9.62. The summed E-state index contributed by atoms with van der Waals surface area (Å²) >= 11 is 2.39. The fraction of sp³-hybridized carbons (Fsp3) is 0.700. The number of sulfonamides is 1. The first-order valence-corrected chi connectivity index (χ1v) is 12.6. The maximum Gasteiger partial charge on any atom is 0.243 e. The smallest absolute Gasteiger partial charge is 0.207 e. The molecule has 0 radical (unpaired) electrons. The molecular formula is C20H32INO2S. The van der Waals surface area contributed by atoms with Crippen LogP contribution in [0.1, 0.15) is 70.3 Å². The SMILES string of the molecule is CCCCCCCCC1(CI)CCCN1S(=O)(=O)c1ccc(C)cc1. The zero-order valence-corrected chi connectivity index (χ0v) is 18.6. The Hall–Kier alpha value is -0.140. The van der Waals surface area contributed by atoms with Crippen molar-refractivity contribution in [3.8, 4) is 0 Å².